The van der Waals surface area contributed by atoms with Crippen molar-refractivity contribution in [1.82, 2.24) is 14.5 Å². The van der Waals surface area contributed by atoms with Crippen LogP contribution >= 0.6 is 0 Å². The van der Waals surface area contributed by atoms with Gasteiger partial charge in [-0.1, -0.05) is 13.8 Å². The summed E-state index contributed by atoms with van der Waals surface area (Å²) in [7, 11) is 0. The summed E-state index contributed by atoms with van der Waals surface area (Å²) in [5, 5.41) is 0. The Morgan fingerprint density at radius 1 is 1.50 bits per heavy atom. The number of nitrogens with zero attached hydrogens (tertiary/aromatic N) is 2. The number of nitrogens with one attached hydrogen (secondary N) is 1. The van der Waals surface area contributed by atoms with E-state index in [2.05, 4.69) is 23.7 Å². The summed E-state index contributed by atoms with van der Waals surface area (Å²) in [6.45, 7) is 8.73. The molecule has 0 saturated carbocycles. The third-order valence-corrected chi connectivity index (χ3v) is 3.44. The molecule has 0 spiro atoms. The van der Waals surface area contributed by atoms with Gasteiger partial charge in [-0.3, -0.25) is 9.47 Å². The number of aromatic nitrogens is 2. The lowest BCUT2D eigenvalue weighted by atomic mass is 10.0. The molecule has 1 aromatic rings. The highest BCUT2D eigenvalue weighted by Crippen LogP contribution is 2.15. The Morgan fingerprint density at radius 2 is 2.33 bits per heavy atom. The minimum atomic E-state index is -0.0244. The van der Waals surface area contributed by atoms with Crippen LogP contribution in [0.1, 0.15) is 20.3 Å². The van der Waals surface area contributed by atoms with E-state index in [4.69, 9.17) is 4.74 Å². The number of imidazole rings is 1. The monoisotopic (exact) mass is 253 g/mol. The molecule has 1 N–H and O–H groups in total. The molecule has 1 atom stereocenters. The first-order valence-corrected chi connectivity index (χ1v) is 6.72. The summed E-state index contributed by atoms with van der Waals surface area (Å²) in [5.41, 5.74) is -0.0244. The summed E-state index contributed by atoms with van der Waals surface area (Å²) in [4.78, 5) is 16.5. The highest BCUT2D eigenvalue weighted by atomic mass is 16.5. The number of aromatic amines is 1. The molecular formula is C13H23N3O2. The lowest BCUT2D eigenvalue weighted by molar-refractivity contribution is -0.0159. The maximum atomic E-state index is 11.4. The molecule has 0 aromatic carbocycles. The molecule has 0 aliphatic carbocycles. The molecule has 5 nitrogen and oxygen atoms in total. The second-order valence-corrected chi connectivity index (χ2v) is 5.35. The van der Waals surface area contributed by atoms with Crippen molar-refractivity contribution in [2.24, 2.45) is 5.92 Å². The first kappa shape index (κ1) is 13.4. The predicted octanol–water partition coefficient (Wildman–Crippen LogP) is 0.923. The molecule has 0 unspecified atom stereocenters. The van der Waals surface area contributed by atoms with Gasteiger partial charge in [0.15, 0.2) is 0 Å². The fourth-order valence-electron chi connectivity index (χ4n) is 2.51. The van der Waals surface area contributed by atoms with E-state index in [-0.39, 0.29) is 5.69 Å². The van der Waals surface area contributed by atoms with Gasteiger partial charge in [0, 0.05) is 38.1 Å². The lowest BCUT2D eigenvalue weighted by Crippen LogP contribution is -2.47. The Morgan fingerprint density at radius 3 is 3.00 bits per heavy atom. The van der Waals surface area contributed by atoms with Crippen molar-refractivity contribution in [3.8, 4) is 0 Å². The number of rotatable bonds is 5. The number of ether oxygens (including phenoxy) is 1. The summed E-state index contributed by atoms with van der Waals surface area (Å²) in [6, 6.07) is 0.494. The largest absolute Gasteiger partial charge is 0.378 e. The van der Waals surface area contributed by atoms with Crippen molar-refractivity contribution < 1.29 is 4.74 Å². The SMILES string of the molecule is CC(C)C[C@H]1COCCN1CCn1cc[nH]c1=O. The number of hydrogen-bond donors (Lipinski definition) is 1. The molecule has 2 rings (SSSR count). The number of morpholine rings is 1. The van der Waals surface area contributed by atoms with Crippen LogP contribution < -0.4 is 5.69 Å². The van der Waals surface area contributed by atoms with Crippen LogP contribution in [0.4, 0.5) is 0 Å². The highest BCUT2D eigenvalue weighted by molar-refractivity contribution is 4.79. The molecule has 1 saturated heterocycles. The van der Waals surface area contributed by atoms with E-state index in [0.29, 0.717) is 12.0 Å². The van der Waals surface area contributed by atoms with Gasteiger partial charge in [-0.05, 0) is 12.3 Å². The van der Waals surface area contributed by atoms with Crippen LogP contribution in [-0.2, 0) is 11.3 Å². The maximum absolute atomic E-state index is 11.4. The molecule has 1 aliphatic heterocycles. The highest BCUT2D eigenvalue weighted by Gasteiger charge is 2.23. The van der Waals surface area contributed by atoms with Crippen molar-refractivity contribution >= 4 is 0 Å². The van der Waals surface area contributed by atoms with Crippen molar-refractivity contribution in [2.45, 2.75) is 32.9 Å². The van der Waals surface area contributed by atoms with Crippen LogP contribution in [0, 0.1) is 5.92 Å². The summed E-state index contributed by atoms with van der Waals surface area (Å²) >= 11 is 0. The topological polar surface area (TPSA) is 50.3 Å². The van der Waals surface area contributed by atoms with Gasteiger partial charge < -0.3 is 9.72 Å². The molecule has 1 fully saturated rings. The van der Waals surface area contributed by atoms with Crippen LogP contribution in [0.25, 0.3) is 0 Å². The smallest absolute Gasteiger partial charge is 0.325 e. The van der Waals surface area contributed by atoms with Crippen LogP contribution in [-0.4, -0.2) is 46.8 Å². The number of hydrogen-bond acceptors (Lipinski definition) is 3. The zero-order valence-corrected chi connectivity index (χ0v) is 11.3. The Balaban J connectivity index is 1.89. The fourth-order valence-corrected chi connectivity index (χ4v) is 2.51. The van der Waals surface area contributed by atoms with Crippen molar-refractivity contribution in [2.75, 3.05) is 26.3 Å². The summed E-state index contributed by atoms with van der Waals surface area (Å²) < 4.78 is 7.28. The quantitative estimate of drug-likeness (QED) is 0.849. The summed E-state index contributed by atoms with van der Waals surface area (Å²) in [5.74, 6) is 0.675. The van der Waals surface area contributed by atoms with Crippen molar-refractivity contribution in [1.29, 1.82) is 0 Å². The van der Waals surface area contributed by atoms with E-state index in [9.17, 15) is 4.79 Å². The van der Waals surface area contributed by atoms with E-state index in [1.54, 1.807) is 17.0 Å². The second-order valence-electron chi connectivity index (χ2n) is 5.35. The van der Waals surface area contributed by atoms with Gasteiger partial charge in [0.2, 0.25) is 0 Å². The first-order chi connectivity index (χ1) is 8.66. The minimum Gasteiger partial charge on any atom is -0.378 e. The zero-order chi connectivity index (χ0) is 13.0. The third kappa shape index (κ3) is 3.46. The molecule has 1 aromatic heterocycles. The Labute approximate surface area is 108 Å². The van der Waals surface area contributed by atoms with Crippen LogP contribution in [0.2, 0.25) is 0 Å². The molecular weight excluding hydrogens is 230 g/mol. The Kier molecular flexibility index (Phi) is 4.60. The van der Waals surface area contributed by atoms with E-state index in [1.807, 2.05) is 0 Å². The zero-order valence-electron chi connectivity index (χ0n) is 11.3. The van der Waals surface area contributed by atoms with Gasteiger partial charge in [-0.15, -0.1) is 0 Å². The van der Waals surface area contributed by atoms with E-state index in [1.165, 1.54) is 0 Å². The van der Waals surface area contributed by atoms with Crippen molar-refractivity contribution in [3.63, 3.8) is 0 Å². The molecule has 102 valence electrons. The second kappa shape index (κ2) is 6.20. The Hall–Kier alpha value is -1.07. The van der Waals surface area contributed by atoms with Gasteiger partial charge in [0.25, 0.3) is 0 Å². The fraction of sp³-hybridized carbons (Fsp3) is 0.769. The van der Waals surface area contributed by atoms with E-state index < -0.39 is 0 Å². The molecule has 1 aliphatic rings. The van der Waals surface area contributed by atoms with Crippen LogP contribution in [0.5, 0.6) is 0 Å². The van der Waals surface area contributed by atoms with Crippen molar-refractivity contribution in [3.05, 3.63) is 22.9 Å². The minimum absolute atomic E-state index is 0.0244. The average Bonchev–Trinajstić information content (AvgIpc) is 2.73. The lowest BCUT2D eigenvalue weighted by Gasteiger charge is -2.36. The van der Waals surface area contributed by atoms with Crippen LogP contribution in [0.3, 0.4) is 0 Å². The average molecular weight is 253 g/mol. The Bertz CT molecular complexity index is 410. The van der Waals surface area contributed by atoms with E-state index in [0.717, 1.165) is 39.3 Å². The molecule has 0 amide bonds. The molecule has 2 heterocycles. The third-order valence-electron chi connectivity index (χ3n) is 3.44. The maximum Gasteiger partial charge on any atom is 0.325 e. The van der Waals surface area contributed by atoms with E-state index >= 15 is 0 Å². The van der Waals surface area contributed by atoms with Crippen LogP contribution in [0.15, 0.2) is 17.2 Å². The molecule has 5 heteroatoms. The number of H-pyrrole nitrogens is 1. The normalized spacial score (nSPS) is 21.6. The van der Waals surface area contributed by atoms with Gasteiger partial charge in [0.1, 0.15) is 0 Å². The van der Waals surface area contributed by atoms with Gasteiger partial charge >= 0.3 is 5.69 Å². The summed E-state index contributed by atoms with van der Waals surface area (Å²) in [6.07, 6.45) is 4.65. The molecule has 0 bridgehead atoms. The van der Waals surface area contributed by atoms with Gasteiger partial charge in [-0.25, -0.2) is 4.79 Å². The first-order valence-electron chi connectivity index (χ1n) is 6.72. The van der Waals surface area contributed by atoms with Gasteiger partial charge in [0.05, 0.1) is 13.2 Å². The predicted molar refractivity (Wildman–Crippen MR) is 70.7 cm³/mol. The standard InChI is InChI=1S/C13H23N3O2/c1-11(2)9-12-10-18-8-7-15(12)5-6-16-4-3-14-13(16)17/h3-4,11-12H,5-10H2,1-2H3,(H,14,17)/t12-/m0/s1. The molecule has 0 radical (unpaired) electrons. The molecule has 18 heavy (non-hydrogen) atoms. The van der Waals surface area contributed by atoms with Gasteiger partial charge in [-0.2, -0.15) is 0 Å².